The van der Waals surface area contributed by atoms with Crippen molar-refractivity contribution in [3.63, 3.8) is 0 Å². The fourth-order valence-corrected chi connectivity index (χ4v) is 3.83. The first-order valence-electron chi connectivity index (χ1n) is 7.51. The van der Waals surface area contributed by atoms with Crippen LogP contribution in [-0.2, 0) is 0 Å². The molecule has 1 aromatic rings. The van der Waals surface area contributed by atoms with Gasteiger partial charge < -0.3 is 10.3 Å². The van der Waals surface area contributed by atoms with Crippen molar-refractivity contribution in [2.24, 2.45) is 0 Å². The van der Waals surface area contributed by atoms with Gasteiger partial charge in [0, 0.05) is 21.7 Å². The Labute approximate surface area is 122 Å². The minimum atomic E-state index is -0.387. The van der Waals surface area contributed by atoms with Crippen molar-refractivity contribution in [2.75, 3.05) is 0 Å². The van der Waals surface area contributed by atoms with Crippen LogP contribution < -0.4 is 0 Å². The molecule has 0 saturated heterocycles. The van der Waals surface area contributed by atoms with E-state index >= 15 is 0 Å². The van der Waals surface area contributed by atoms with Gasteiger partial charge in [0.15, 0.2) is 5.70 Å². The second kappa shape index (κ2) is 4.49. The maximum Gasteiger partial charge on any atom is 0.290 e. The summed E-state index contributed by atoms with van der Waals surface area (Å²) in [5.41, 5.74) is 1.42. The molecule has 5 nitrogen and oxygen atoms in total. The molecule has 2 aliphatic carbocycles. The third-order valence-electron chi connectivity index (χ3n) is 4.85. The zero-order valence-electron chi connectivity index (χ0n) is 11.6. The summed E-state index contributed by atoms with van der Waals surface area (Å²) in [6.07, 6.45) is 4.36. The molecule has 1 aromatic carbocycles. The maximum atomic E-state index is 12.8. The average Bonchev–Trinajstić information content (AvgIpc) is 2.67. The fourth-order valence-electron chi connectivity index (χ4n) is 3.83. The van der Waals surface area contributed by atoms with Crippen molar-refractivity contribution in [3.8, 4) is 0 Å². The molecule has 5 heteroatoms. The van der Waals surface area contributed by atoms with Crippen LogP contribution in [0.4, 0.5) is 0 Å². The Bertz CT molecular complexity index is 680. The SMILES string of the molecule is O=C1C2=C(c3ccccc31)[N+](=O)[C@@H]1CCCCC[C@@H]1N2[O-]. The van der Waals surface area contributed by atoms with Crippen LogP contribution in [0.5, 0.6) is 0 Å². The molecular formula is C16H16N2O3. The van der Waals surface area contributed by atoms with Crippen LogP contribution >= 0.6 is 0 Å². The predicted molar refractivity (Wildman–Crippen MR) is 77.2 cm³/mol. The third kappa shape index (κ3) is 1.64. The van der Waals surface area contributed by atoms with Gasteiger partial charge in [0.2, 0.25) is 11.8 Å². The van der Waals surface area contributed by atoms with E-state index in [1.54, 1.807) is 24.3 Å². The smallest absolute Gasteiger partial charge is 0.290 e. The van der Waals surface area contributed by atoms with E-state index in [1.165, 1.54) is 0 Å². The molecule has 0 unspecified atom stereocenters. The van der Waals surface area contributed by atoms with E-state index < -0.39 is 0 Å². The van der Waals surface area contributed by atoms with Gasteiger partial charge in [-0.25, -0.2) is 0 Å². The predicted octanol–water partition coefficient (Wildman–Crippen LogP) is 2.85. The number of nitrogens with zero attached hydrogens (tertiary/aromatic N) is 2. The highest BCUT2D eigenvalue weighted by Gasteiger charge is 2.51. The van der Waals surface area contributed by atoms with Crippen LogP contribution in [0.1, 0.15) is 48.0 Å². The fraction of sp³-hybridized carbons (Fsp3) is 0.438. The van der Waals surface area contributed by atoms with E-state index in [0.717, 1.165) is 35.5 Å². The van der Waals surface area contributed by atoms with Crippen LogP contribution in [0, 0.1) is 10.1 Å². The highest BCUT2D eigenvalue weighted by molar-refractivity contribution is 6.19. The molecule has 3 aliphatic rings. The number of Topliss-reactive ketones (excluding diaryl/α,β-unsaturated/α-hetero) is 1. The lowest BCUT2D eigenvalue weighted by atomic mass is 9.98. The van der Waals surface area contributed by atoms with Gasteiger partial charge in [-0.1, -0.05) is 31.0 Å². The van der Waals surface area contributed by atoms with Gasteiger partial charge in [-0.05, 0) is 18.9 Å². The molecular weight excluding hydrogens is 268 g/mol. The molecule has 108 valence electrons. The molecule has 21 heavy (non-hydrogen) atoms. The van der Waals surface area contributed by atoms with Crippen LogP contribution in [0.3, 0.4) is 0 Å². The number of allylic oxidation sites excluding steroid dienone is 1. The number of benzene rings is 1. The van der Waals surface area contributed by atoms with Crippen molar-refractivity contribution in [1.29, 1.82) is 0 Å². The highest BCUT2D eigenvalue weighted by Crippen LogP contribution is 2.42. The number of carbonyl (C=O) groups excluding carboxylic acids is 1. The first kappa shape index (κ1) is 12.7. The van der Waals surface area contributed by atoms with Gasteiger partial charge in [0.05, 0.1) is 11.6 Å². The largest absolute Gasteiger partial charge is 0.758 e. The van der Waals surface area contributed by atoms with Crippen LogP contribution in [-0.4, -0.2) is 27.7 Å². The van der Waals surface area contributed by atoms with E-state index in [4.69, 9.17) is 0 Å². The van der Waals surface area contributed by atoms with Gasteiger partial charge in [-0.2, -0.15) is 0 Å². The van der Waals surface area contributed by atoms with Gasteiger partial charge >= 0.3 is 0 Å². The highest BCUT2D eigenvalue weighted by atomic mass is 16.5. The van der Waals surface area contributed by atoms with E-state index in [0.29, 0.717) is 17.5 Å². The van der Waals surface area contributed by atoms with Gasteiger partial charge in [-0.3, -0.25) is 4.79 Å². The Kier molecular flexibility index (Phi) is 2.72. The number of fused-ring (bicyclic) bond motifs is 3. The van der Waals surface area contributed by atoms with Gasteiger partial charge in [0.25, 0.3) is 5.70 Å². The average molecular weight is 284 g/mol. The molecule has 1 fully saturated rings. The third-order valence-corrected chi connectivity index (χ3v) is 4.85. The van der Waals surface area contributed by atoms with Crippen molar-refractivity contribution in [2.45, 2.75) is 44.2 Å². The zero-order chi connectivity index (χ0) is 14.6. The standard InChI is InChI=1S/C16H16N2O3/c19-16-11-7-5-4-6-10(11)14-15(16)18(21)13-9-3-1-2-8-12(13)17(14)20/h4-7,12-13H,1-3,8-9H2/t12-,13+/m1/s1. The Morgan fingerprint density at radius 2 is 1.81 bits per heavy atom. The summed E-state index contributed by atoms with van der Waals surface area (Å²) in [6.45, 7) is 0. The van der Waals surface area contributed by atoms with Crippen LogP contribution in [0.2, 0.25) is 0 Å². The lowest BCUT2D eigenvalue weighted by molar-refractivity contribution is -0.513. The van der Waals surface area contributed by atoms with Crippen LogP contribution in [0.25, 0.3) is 5.70 Å². The summed E-state index contributed by atoms with van der Waals surface area (Å²) in [4.78, 5) is 25.3. The molecule has 0 amide bonds. The summed E-state index contributed by atoms with van der Waals surface area (Å²) >= 11 is 0. The molecule has 1 saturated carbocycles. The zero-order valence-corrected chi connectivity index (χ0v) is 11.6. The molecule has 2 atom stereocenters. The molecule has 0 radical (unpaired) electrons. The minimum absolute atomic E-state index is 0.0503. The van der Waals surface area contributed by atoms with Crippen molar-refractivity contribution in [3.05, 3.63) is 51.2 Å². The number of ketones is 1. The molecule has 0 N–H and O–H groups in total. The minimum Gasteiger partial charge on any atom is -0.758 e. The Hall–Kier alpha value is -2.01. The van der Waals surface area contributed by atoms with E-state index in [9.17, 15) is 14.9 Å². The summed E-state index contributed by atoms with van der Waals surface area (Å²) < 4.78 is 0.948. The quantitative estimate of drug-likeness (QED) is 0.687. The molecule has 0 aromatic heterocycles. The van der Waals surface area contributed by atoms with Gasteiger partial charge in [0.1, 0.15) is 0 Å². The maximum absolute atomic E-state index is 12.8. The summed E-state index contributed by atoms with van der Waals surface area (Å²) in [5, 5.41) is 13.5. The van der Waals surface area contributed by atoms with E-state index in [2.05, 4.69) is 0 Å². The number of rotatable bonds is 0. The van der Waals surface area contributed by atoms with Crippen molar-refractivity contribution >= 4 is 11.5 Å². The van der Waals surface area contributed by atoms with Crippen molar-refractivity contribution < 1.29 is 9.55 Å². The Balaban J connectivity index is 1.88. The van der Waals surface area contributed by atoms with Crippen molar-refractivity contribution in [1.82, 2.24) is 5.06 Å². The van der Waals surface area contributed by atoms with Gasteiger partial charge in [-0.15, -0.1) is 0 Å². The number of hydroxylamine groups is 2. The Morgan fingerprint density at radius 3 is 2.62 bits per heavy atom. The molecule has 1 aliphatic heterocycles. The number of hydrogen-bond donors (Lipinski definition) is 0. The summed E-state index contributed by atoms with van der Waals surface area (Å²) in [6, 6.07) is 6.28. The molecule has 1 heterocycles. The second-order valence-corrected chi connectivity index (χ2v) is 6.00. The number of hydrogen-bond acceptors (Lipinski definition) is 4. The second-order valence-electron chi connectivity index (χ2n) is 6.00. The normalized spacial score (nSPS) is 28.1. The summed E-state index contributed by atoms with van der Waals surface area (Å²) in [7, 11) is 0. The first-order valence-corrected chi connectivity index (χ1v) is 7.51. The topological polar surface area (TPSA) is 63.5 Å². The summed E-state index contributed by atoms with van der Waals surface area (Å²) in [5.74, 6) is -0.306. The van der Waals surface area contributed by atoms with E-state index in [1.807, 2.05) is 0 Å². The monoisotopic (exact) mass is 284 g/mol. The number of nitroso groups, excluding NO2 is 1. The first-order chi connectivity index (χ1) is 10.2. The molecule has 4 rings (SSSR count). The lowest BCUT2D eigenvalue weighted by Crippen LogP contribution is -2.49. The Morgan fingerprint density at radius 1 is 1.10 bits per heavy atom. The van der Waals surface area contributed by atoms with E-state index in [-0.39, 0.29) is 29.3 Å². The molecule has 0 bridgehead atoms. The number of carbonyl (C=O) groups is 1. The lowest BCUT2D eigenvalue weighted by Gasteiger charge is -2.41. The van der Waals surface area contributed by atoms with Crippen LogP contribution in [0.15, 0.2) is 30.0 Å². The molecule has 0 spiro atoms.